The molecule has 19 heavy (non-hydrogen) atoms. The summed E-state index contributed by atoms with van der Waals surface area (Å²) in [5, 5.41) is 1.36. The van der Waals surface area contributed by atoms with Gasteiger partial charge in [-0.1, -0.05) is 50.2 Å². The summed E-state index contributed by atoms with van der Waals surface area (Å²) >= 11 is 8.21. The van der Waals surface area contributed by atoms with Crippen LogP contribution in [0, 0.1) is 0 Å². The summed E-state index contributed by atoms with van der Waals surface area (Å²) < 4.78 is 3.45. The summed E-state index contributed by atoms with van der Waals surface area (Å²) in [7, 11) is 0. The van der Waals surface area contributed by atoms with Crippen molar-refractivity contribution in [3.63, 3.8) is 0 Å². The first kappa shape index (κ1) is 14.8. The van der Waals surface area contributed by atoms with Crippen molar-refractivity contribution in [3.8, 4) is 0 Å². The molecule has 0 unspecified atom stereocenters. The smallest absolute Gasteiger partial charge is 0.262 e. The Hall–Kier alpha value is -0.590. The van der Waals surface area contributed by atoms with Gasteiger partial charge in [-0.15, -0.1) is 0 Å². The van der Waals surface area contributed by atoms with Crippen LogP contribution in [0.1, 0.15) is 6.92 Å². The van der Waals surface area contributed by atoms with E-state index in [0.29, 0.717) is 17.7 Å². The number of hydrogen-bond donors (Lipinski definition) is 0. The van der Waals surface area contributed by atoms with Gasteiger partial charge in [-0.2, -0.15) is 0 Å². The van der Waals surface area contributed by atoms with Gasteiger partial charge in [-0.25, -0.2) is 4.98 Å². The first-order valence-corrected chi connectivity index (χ1v) is 8.26. The Bertz CT molecular complexity index is 697. The maximum Gasteiger partial charge on any atom is 0.262 e. The fourth-order valence-corrected chi connectivity index (χ4v) is 3.23. The fourth-order valence-electron chi connectivity index (χ4n) is 1.70. The number of hydrogen-bond acceptors (Lipinski definition) is 3. The van der Waals surface area contributed by atoms with Gasteiger partial charge in [0.25, 0.3) is 5.56 Å². The fraction of sp³-hybridized carbons (Fsp3) is 0.231. The van der Waals surface area contributed by atoms with Crippen molar-refractivity contribution in [1.82, 2.24) is 9.55 Å². The number of aromatic nitrogens is 2. The molecule has 0 atom stereocenters. The number of nitrogens with zero attached hydrogens (tertiary/aromatic N) is 2. The molecule has 0 saturated heterocycles. The third kappa shape index (κ3) is 3.30. The van der Waals surface area contributed by atoms with Gasteiger partial charge in [0.05, 0.1) is 10.9 Å². The lowest BCUT2D eigenvalue weighted by molar-refractivity contribution is 0.635. The lowest BCUT2D eigenvalue weighted by atomic mass is 10.2. The molecule has 0 aliphatic heterocycles. The highest BCUT2D eigenvalue weighted by Crippen LogP contribution is 2.22. The van der Waals surface area contributed by atoms with Gasteiger partial charge < -0.3 is 0 Å². The standard InChI is InChI=1S/C13H12Br2N2OS/c1-3-17-12(18)10-6-9(15)4-5-11(10)16-13(17)19-7-8(2)14/h4-6H,2-3,7H2,1H3. The van der Waals surface area contributed by atoms with Crippen LogP contribution in [0.4, 0.5) is 0 Å². The van der Waals surface area contributed by atoms with E-state index < -0.39 is 0 Å². The Balaban J connectivity index is 2.61. The number of fused-ring (bicyclic) bond motifs is 1. The van der Waals surface area contributed by atoms with Gasteiger partial charge in [-0.3, -0.25) is 9.36 Å². The van der Waals surface area contributed by atoms with E-state index >= 15 is 0 Å². The summed E-state index contributed by atoms with van der Waals surface area (Å²) in [6, 6.07) is 5.56. The van der Waals surface area contributed by atoms with Gasteiger partial charge >= 0.3 is 0 Å². The maximum absolute atomic E-state index is 12.4. The summed E-state index contributed by atoms with van der Waals surface area (Å²) in [4.78, 5) is 17.0. The molecule has 0 saturated carbocycles. The van der Waals surface area contributed by atoms with Crippen molar-refractivity contribution in [3.05, 3.63) is 44.1 Å². The van der Waals surface area contributed by atoms with Crippen LogP contribution in [-0.4, -0.2) is 15.3 Å². The number of benzene rings is 1. The molecule has 1 aromatic carbocycles. The van der Waals surface area contributed by atoms with Gasteiger partial charge in [0.1, 0.15) is 0 Å². The van der Waals surface area contributed by atoms with E-state index in [1.165, 1.54) is 11.8 Å². The summed E-state index contributed by atoms with van der Waals surface area (Å²) in [5.41, 5.74) is 0.720. The molecule has 0 spiro atoms. The van der Waals surface area contributed by atoms with Gasteiger partial charge in [0.15, 0.2) is 5.16 Å². The van der Waals surface area contributed by atoms with Gasteiger partial charge in [0, 0.05) is 16.8 Å². The molecule has 0 aliphatic rings. The van der Waals surface area contributed by atoms with Crippen LogP contribution < -0.4 is 5.56 Å². The summed E-state index contributed by atoms with van der Waals surface area (Å²) in [6.07, 6.45) is 0. The average Bonchev–Trinajstić information content (AvgIpc) is 2.37. The Kier molecular flexibility index (Phi) is 4.86. The van der Waals surface area contributed by atoms with Crippen molar-refractivity contribution in [2.24, 2.45) is 0 Å². The predicted octanol–water partition coefficient (Wildman–Crippen LogP) is 4.18. The van der Waals surface area contributed by atoms with E-state index in [9.17, 15) is 4.79 Å². The zero-order valence-corrected chi connectivity index (χ0v) is 14.3. The second kappa shape index (κ2) is 6.24. The number of rotatable bonds is 4. The van der Waals surface area contributed by atoms with Crippen LogP contribution in [0.3, 0.4) is 0 Å². The molecule has 1 heterocycles. The van der Waals surface area contributed by atoms with E-state index in [1.807, 2.05) is 25.1 Å². The second-order valence-corrected chi connectivity index (χ2v) is 6.89. The molecule has 0 radical (unpaired) electrons. The second-order valence-electron chi connectivity index (χ2n) is 3.91. The molecular formula is C13H12Br2N2OS. The molecule has 100 valence electrons. The van der Waals surface area contributed by atoms with E-state index in [0.717, 1.165) is 19.6 Å². The lowest BCUT2D eigenvalue weighted by Crippen LogP contribution is -2.22. The third-order valence-electron chi connectivity index (χ3n) is 2.56. The molecule has 6 heteroatoms. The van der Waals surface area contributed by atoms with Gasteiger partial charge in [0.2, 0.25) is 0 Å². The van der Waals surface area contributed by atoms with E-state index in [1.54, 1.807) is 4.57 Å². The first-order valence-electron chi connectivity index (χ1n) is 5.69. The van der Waals surface area contributed by atoms with Crippen molar-refractivity contribution < 1.29 is 0 Å². The Morgan fingerprint density at radius 2 is 2.26 bits per heavy atom. The van der Waals surface area contributed by atoms with Crippen LogP contribution in [0.2, 0.25) is 0 Å². The van der Waals surface area contributed by atoms with Crippen molar-refractivity contribution >= 4 is 54.5 Å². The molecule has 0 aliphatic carbocycles. The normalized spacial score (nSPS) is 10.9. The molecular weight excluding hydrogens is 392 g/mol. The molecule has 3 nitrogen and oxygen atoms in total. The van der Waals surface area contributed by atoms with Gasteiger partial charge in [-0.05, 0) is 29.6 Å². The van der Waals surface area contributed by atoms with Crippen LogP contribution in [0.25, 0.3) is 10.9 Å². The molecule has 0 bridgehead atoms. The van der Waals surface area contributed by atoms with Crippen molar-refractivity contribution in [2.75, 3.05) is 5.75 Å². The van der Waals surface area contributed by atoms with Crippen LogP contribution in [0.15, 0.2) is 43.7 Å². The van der Waals surface area contributed by atoms with Crippen molar-refractivity contribution in [2.45, 2.75) is 18.6 Å². The van der Waals surface area contributed by atoms with E-state index in [-0.39, 0.29) is 5.56 Å². The molecule has 0 N–H and O–H groups in total. The minimum absolute atomic E-state index is 0.00325. The summed E-state index contributed by atoms with van der Waals surface area (Å²) in [5.74, 6) is 0.689. The van der Waals surface area contributed by atoms with Crippen LogP contribution >= 0.6 is 43.6 Å². The maximum atomic E-state index is 12.4. The number of thioether (sulfide) groups is 1. The molecule has 0 fully saturated rings. The van der Waals surface area contributed by atoms with E-state index in [4.69, 9.17) is 0 Å². The topological polar surface area (TPSA) is 34.9 Å². The zero-order chi connectivity index (χ0) is 14.0. The zero-order valence-electron chi connectivity index (χ0n) is 10.3. The molecule has 1 aromatic heterocycles. The quantitative estimate of drug-likeness (QED) is 0.567. The highest BCUT2D eigenvalue weighted by Gasteiger charge is 2.10. The van der Waals surface area contributed by atoms with Crippen molar-refractivity contribution in [1.29, 1.82) is 0 Å². The monoisotopic (exact) mass is 402 g/mol. The Morgan fingerprint density at radius 1 is 1.53 bits per heavy atom. The SMILES string of the molecule is C=C(Br)CSc1nc2ccc(Br)cc2c(=O)n1CC. The molecule has 2 rings (SSSR count). The van der Waals surface area contributed by atoms with Crippen LogP contribution in [0.5, 0.6) is 0 Å². The first-order chi connectivity index (χ1) is 9.02. The van der Waals surface area contributed by atoms with Crippen LogP contribution in [-0.2, 0) is 6.54 Å². The highest BCUT2D eigenvalue weighted by atomic mass is 79.9. The average molecular weight is 404 g/mol. The highest BCUT2D eigenvalue weighted by molar-refractivity contribution is 9.11. The molecule has 0 amide bonds. The minimum Gasteiger partial charge on any atom is -0.287 e. The largest absolute Gasteiger partial charge is 0.287 e. The third-order valence-corrected chi connectivity index (χ3v) is 4.76. The lowest BCUT2D eigenvalue weighted by Gasteiger charge is -2.11. The Morgan fingerprint density at radius 3 is 2.89 bits per heavy atom. The minimum atomic E-state index is -0.00325. The number of halogens is 2. The predicted molar refractivity (Wildman–Crippen MR) is 88.2 cm³/mol. The molecule has 2 aromatic rings. The van der Waals surface area contributed by atoms with E-state index in [2.05, 4.69) is 43.4 Å². The summed E-state index contributed by atoms with van der Waals surface area (Å²) in [6.45, 7) is 6.34. The Labute approximate surface area is 132 Å².